The molecule has 1 aromatic heterocycles. The molecule has 0 aliphatic rings. The average Bonchev–Trinajstić information content (AvgIpc) is 2.43. The molecule has 2 N–H and O–H groups in total. The zero-order valence-corrected chi connectivity index (χ0v) is 11.8. The summed E-state index contributed by atoms with van der Waals surface area (Å²) < 4.78 is 38.1. The molecule has 21 heavy (non-hydrogen) atoms. The molecule has 6 heteroatoms. The molecule has 0 atom stereocenters. The molecule has 0 amide bonds. The van der Waals surface area contributed by atoms with Crippen molar-refractivity contribution in [2.75, 3.05) is 24.5 Å². The number of nitrogens with zero attached hydrogens (tertiary/aromatic N) is 2. The third-order valence-corrected chi connectivity index (χ3v) is 3.25. The maximum Gasteiger partial charge on any atom is 0.405 e. The van der Waals surface area contributed by atoms with E-state index in [-0.39, 0.29) is 6.54 Å². The number of benzene rings is 1. The van der Waals surface area contributed by atoms with Gasteiger partial charge in [-0.05, 0) is 37.6 Å². The predicted molar refractivity (Wildman–Crippen MR) is 78.4 cm³/mol. The van der Waals surface area contributed by atoms with Crippen molar-refractivity contribution in [3.8, 4) is 0 Å². The van der Waals surface area contributed by atoms with Crippen LogP contribution in [0.15, 0.2) is 30.3 Å². The first kappa shape index (κ1) is 15.6. The highest BCUT2D eigenvalue weighted by atomic mass is 19.4. The van der Waals surface area contributed by atoms with Gasteiger partial charge in [0.1, 0.15) is 12.4 Å². The summed E-state index contributed by atoms with van der Waals surface area (Å²) in [6.45, 7) is 1.29. The maximum absolute atomic E-state index is 12.7. The van der Waals surface area contributed by atoms with Gasteiger partial charge in [-0.3, -0.25) is 0 Å². The minimum Gasteiger partial charge on any atom is -0.348 e. The molecule has 0 saturated carbocycles. The maximum atomic E-state index is 12.7. The van der Waals surface area contributed by atoms with Crippen LogP contribution in [0.5, 0.6) is 0 Å². The normalized spacial score (nSPS) is 11.9. The van der Waals surface area contributed by atoms with Crippen LogP contribution in [0.3, 0.4) is 0 Å². The SMILES string of the molecule is CCN(CC(F)(F)F)c1nc2ccccc2cc1CCN. The topological polar surface area (TPSA) is 42.2 Å². The zero-order chi connectivity index (χ0) is 15.5. The van der Waals surface area contributed by atoms with Crippen molar-refractivity contribution in [2.45, 2.75) is 19.5 Å². The van der Waals surface area contributed by atoms with E-state index >= 15 is 0 Å². The number of anilines is 1. The highest BCUT2D eigenvalue weighted by Gasteiger charge is 2.31. The lowest BCUT2D eigenvalue weighted by Crippen LogP contribution is -2.35. The van der Waals surface area contributed by atoms with E-state index in [1.165, 1.54) is 4.90 Å². The van der Waals surface area contributed by atoms with Gasteiger partial charge < -0.3 is 10.6 Å². The third kappa shape index (κ3) is 3.85. The molecule has 2 aromatic rings. The summed E-state index contributed by atoms with van der Waals surface area (Å²) in [5.74, 6) is 0.374. The molecule has 0 unspecified atom stereocenters. The molecular formula is C15H18F3N3. The number of fused-ring (bicyclic) bond motifs is 1. The Balaban J connectivity index is 2.50. The van der Waals surface area contributed by atoms with Gasteiger partial charge in [0, 0.05) is 11.9 Å². The van der Waals surface area contributed by atoms with E-state index in [1.54, 1.807) is 13.0 Å². The standard InChI is InChI=1S/C15H18F3N3/c1-2-21(10-15(16,17)18)14-12(7-8-19)9-11-5-3-4-6-13(11)20-14/h3-6,9H,2,7-8,10,19H2,1H3. The van der Waals surface area contributed by atoms with E-state index in [1.807, 2.05) is 24.3 Å². The molecule has 0 radical (unpaired) electrons. The minimum absolute atomic E-state index is 0.239. The monoisotopic (exact) mass is 297 g/mol. The molecule has 0 spiro atoms. The summed E-state index contributed by atoms with van der Waals surface area (Å²) in [5.41, 5.74) is 7.01. The molecule has 0 bridgehead atoms. The van der Waals surface area contributed by atoms with Crippen LogP contribution in [0.1, 0.15) is 12.5 Å². The Morgan fingerprint density at radius 1 is 1.24 bits per heavy atom. The van der Waals surface area contributed by atoms with Gasteiger partial charge in [0.25, 0.3) is 0 Å². The summed E-state index contributed by atoms with van der Waals surface area (Å²) in [5, 5.41) is 0.910. The molecule has 1 heterocycles. The Labute approximate surface area is 121 Å². The zero-order valence-electron chi connectivity index (χ0n) is 11.8. The van der Waals surface area contributed by atoms with Crippen molar-refractivity contribution < 1.29 is 13.2 Å². The largest absolute Gasteiger partial charge is 0.405 e. The minimum atomic E-state index is -4.26. The smallest absolute Gasteiger partial charge is 0.348 e. The number of halogens is 3. The van der Waals surface area contributed by atoms with Crippen molar-refractivity contribution in [3.05, 3.63) is 35.9 Å². The Bertz CT molecular complexity index is 611. The van der Waals surface area contributed by atoms with Crippen molar-refractivity contribution in [1.29, 1.82) is 0 Å². The number of pyridine rings is 1. The molecular weight excluding hydrogens is 279 g/mol. The fourth-order valence-corrected chi connectivity index (χ4v) is 2.32. The first-order valence-corrected chi connectivity index (χ1v) is 6.85. The lowest BCUT2D eigenvalue weighted by Gasteiger charge is -2.26. The fraction of sp³-hybridized carbons (Fsp3) is 0.400. The van der Waals surface area contributed by atoms with E-state index < -0.39 is 12.7 Å². The second-order valence-corrected chi connectivity index (χ2v) is 4.83. The van der Waals surface area contributed by atoms with E-state index in [0.29, 0.717) is 24.3 Å². The summed E-state index contributed by atoms with van der Waals surface area (Å²) in [7, 11) is 0. The van der Waals surface area contributed by atoms with Gasteiger partial charge in [0.2, 0.25) is 0 Å². The predicted octanol–water partition coefficient (Wildman–Crippen LogP) is 3.12. The second-order valence-electron chi connectivity index (χ2n) is 4.83. The number of hydrogen-bond acceptors (Lipinski definition) is 3. The highest BCUT2D eigenvalue weighted by Crippen LogP contribution is 2.27. The van der Waals surface area contributed by atoms with Crippen molar-refractivity contribution in [1.82, 2.24) is 4.98 Å². The molecule has 114 valence electrons. The van der Waals surface area contributed by atoms with Gasteiger partial charge in [-0.15, -0.1) is 0 Å². The van der Waals surface area contributed by atoms with Gasteiger partial charge in [-0.2, -0.15) is 13.2 Å². The van der Waals surface area contributed by atoms with Crippen LogP contribution in [0.4, 0.5) is 19.0 Å². The fourth-order valence-electron chi connectivity index (χ4n) is 2.32. The van der Waals surface area contributed by atoms with Crippen LogP contribution in [0.25, 0.3) is 10.9 Å². The van der Waals surface area contributed by atoms with Gasteiger partial charge >= 0.3 is 6.18 Å². The number of rotatable bonds is 5. The summed E-state index contributed by atoms with van der Waals surface area (Å²) in [4.78, 5) is 5.67. The number of nitrogens with two attached hydrogens (primary N) is 1. The van der Waals surface area contributed by atoms with Gasteiger partial charge in [-0.1, -0.05) is 18.2 Å². The van der Waals surface area contributed by atoms with E-state index in [0.717, 1.165) is 10.9 Å². The molecule has 0 aliphatic heterocycles. The Morgan fingerprint density at radius 3 is 2.57 bits per heavy atom. The van der Waals surface area contributed by atoms with Crippen molar-refractivity contribution in [2.24, 2.45) is 5.73 Å². The van der Waals surface area contributed by atoms with Crippen LogP contribution in [0.2, 0.25) is 0 Å². The Hall–Kier alpha value is -1.82. The average molecular weight is 297 g/mol. The first-order valence-electron chi connectivity index (χ1n) is 6.85. The van der Waals surface area contributed by atoms with E-state index in [2.05, 4.69) is 4.98 Å². The van der Waals surface area contributed by atoms with Crippen LogP contribution < -0.4 is 10.6 Å². The van der Waals surface area contributed by atoms with Crippen LogP contribution in [0, 0.1) is 0 Å². The quantitative estimate of drug-likeness (QED) is 0.922. The molecule has 1 aromatic carbocycles. The first-order chi connectivity index (χ1) is 9.94. The third-order valence-electron chi connectivity index (χ3n) is 3.25. The van der Waals surface area contributed by atoms with Crippen molar-refractivity contribution in [3.63, 3.8) is 0 Å². The van der Waals surface area contributed by atoms with Crippen LogP contribution in [-0.2, 0) is 6.42 Å². The summed E-state index contributed by atoms with van der Waals surface area (Å²) in [6.07, 6.45) is -3.76. The number of hydrogen-bond donors (Lipinski definition) is 1. The van der Waals surface area contributed by atoms with E-state index in [9.17, 15) is 13.2 Å². The molecule has 3 nitrogen and oxygen atoms in total. The molecule has 0 saturated heterocycles. The summed E-state index contributed by atoms with van der Waals surface area (Å²) in [6, 6.07) is 9.27. The van der Waals surface area contributed by atoms with Crippen molar-refractivity contribution >= 4 is 16.7 Å². The van der Waals surface area contributed by atoms with Gasteiger partial charge in [0.05, 0.1) is 5.52 Å². The van der Waals surface area contributed by atoms with Crippen LogP contribution >= 0.6 is 0 Å². The lowest BCUT2D eigenvalue weighted by molar-refractivity contribution is -0.119. The van der Waals surface area contributed by atoms with Gasteiger partial charge in [-0.25, -0.2) is 4.98 Å². The second kappa shape index (κ2) is 6.30. The number of para-hydroxylation sites is 1. The Morgan fingerprint density at radius 2 is 1.95 bits per heavy atom. The number of aromatic nitrogens is 1. The molecule has 0 fully saturated rings. The van der Waals surface area contributed by atoms with E-state index in [4.69, 9.17) is 5.73 Å². The highest BCUT2D eigenvalue weighted by molar-refractivity contribution is 5.81. The van der Waals surface area contributed by atoms with Crippen LogP contribution in [-0.4, -0.2) is 30.8 Å². The lowest BCUT2D eigenvalue weighted by atomic mass is 10.1. The molecule has 0 aliphatic carbocycles. The molecule has 2 rings (SSSR count). The number of alkyl halides is 3. The summed E-state index contributed by atoms with van der Waals surface area (Å²) >= 11 is 0. The van der Waals surface area contributed by atoms with Gasteiger partial charge in [0.15, 0.2) is 0 Å². The Kier molecular flexibility index (Phi) is 4.67.